The molecule has 0 aromatic heterocycles. The first-order chi connectivity index (χ1) is 18.1. The number of hydrogen-bond acceptors (Lipinski definition) is 7. The minimum absolute atomic E-state index is 0.00739. The molecule has 0 aliphatic carbocycles. The van der Waals surface area contributed by atoms with Crippen LogP contribution in [0.2, 0.25) is 0 Å². The maximum Gasteiger partial charge on any atom is 0.302 e. The molecule has 0 bridgehead atoms. The molecular formula is C32H56O7. The van der Waals surface area contributed by atoms with Crippen LogP contribution in [-0.4, -0.2) is 68.1 Å². The Morgan fingerprint density at radius 2 is 1.08 bits per heavy atom. The van der Waals surface area contributed by atoms with Gasteiger partial charge in [0.15, 0.2) is 0 Å². The summed E-state index contributed by atoms with van der Waals surface area (Å²) in [6.07, 6.45) is 12.7. The second-order valence-electron chi connectivity index (χ2n) is 11.6. The lowest BCUT2D eigenvalue weighted by molar-refractivity contribution is -0.139. The quantitative estimate of drug-likeness (QED) is 0.0772. The molecule has 0 unspecified atom stereocenters. The van der Waals surface area contributed by atoms with Gasteiger partial charge in [-0.3, -0.25) is 4.79 Å². The highest BCUT2D eigenvalue weighted by Gasteiger charge is 2.30. The summed E-state index contributed by atoms with van der Waals surface area (Å²) in [5.41, 5.74) is 1.77. The van der Waals surface area contributed by atoms with Gasteiger partial charge in [0.1, 0.15) is 6.61 Å². The summed E-state index contributed by atoms with van der Waals surface area (Å²) in [6.45, 7) is 12.7. The molecule has 7 nitrogen and oxygen atoms in total. The molecular weight excluding hydrogens is 496 g/mol. The van der Waals surface area contributed by atoms with Gasteiger partial charge >= 0.3 is 5.97 Å². The Morgan fingerprint density at radius 3 is 1.46 bits per heavy atom. The van der Waals surface area contributed by atoms with Gasteiger partial charge in [0.2, 0.25) is 0 Å². The number of aliphatic hydroxyl groups excluding tert-OH is 3. The Labute approximate surface area is 237 Å². The van der Waals surface area contributed by atoms with Gasteiger partial charge in [-0.1, -0.05) is 41.0 Å². The maximum atomic E-state index is 10.9. The number of carbonyl (C=O) groups is 1. The minimum atomic E-state index is -1.19. The largest absolute Gasteiger partial charge is 0.461 e. The first-order valence-electron chi connectivity index (χ1n) is 14.3. The van der Waals surface area contributed by atoms with Gasteiger partial charge in [-0.15, -0.1) is 0 Å². The van der Waals surface area contributed by atoms with Gasteiger partial charge < -0.3 is 30.3 Å². The third kappa shape index (κ3) is 18.2. The van der Waals surface area contributed by atoms with E-state index in [1.807, 2.05) is 39.8 Å². The molecule has 0 saturated heterocycles. The average Bonchev–Trinajstić information content (AvgIpc) is 2.86. The summed E-state index contributed by atoms with van der Waals surface area (Å²) in [5, 5.41) is 51.3. The van der Waals surface area contributed by atoms with Crippen molar-refractivity contribution in [1.82, 2.24) is 0 Å². The van der Waals surface area contributed by atoms with Crippen molar-refractivity contribution in [2.75, 3.05) is 13.2 Å². The van der Waals surface area contributed by atoms with Gasteiger partial charge in [0.05, 0.1) is 30.0 Å². The van der Waals surface area contributed by atoms with E-state index in [-0.39, 0.29) is 19.2 Å². The molecule has 4 atom stereocenters. The number of aliphatic hydroxyl groups is 5. The predicted octanol–water partition coefficient (Wildman–Crippen LogP) is 5.45. The van der Waals surface area contributed by atoms with E-state index < -0.39 is 23.4 Å². The summed E-state index contributed by atoms with van der Waals surface area (Å²) in [7, 11) is 0. The van der Waals surface area contributed by atoms with Crippen molar-refractivity contribution in [2.24, 2.45) is 0 Å². The highest BCUT2D eigenvalue weighted by Crippen LogP contribution is 2.24. The van der Waals surface area contributed by atoms with Gasteiger partial charge in [-0.25, -0.2) is 0 Å². The number of esters is 1. The van der Waals surface area contributed by atoms with Crippen molar-refractivity contribution in [1.29, 1.82) is 0 Å². The van der Waals surface area contributed by atoms with Gasteiger partial charge in [0.25, 0.3) is 0 Å². The van der Waals surface area contributed by atoms with Crippen LogP contribution in [0.5, 0.6) is 0 Å². The number of ether oxygens (including phenoxy) is 1. The van der Waals surface area contributed by atoms with Gasteiger partial charge in [-0.05, 0) is 111 Å². The zero-order chi connectivity index (χ0) is 30.1. The molecule has 0 spiro atoms. The van der Waals surface area contributed by atoms with Crippen molar-refractivity contribution in [3.05, 3.63) is 46.6 Å². The molecule has 0 amide bonds. The molecule has 0 aromatic rings. The second kappa shape index (κ2) is 19.3. The van der Waals surface area contributed by atoms with Crippen molar-refractivity contribution in [3.8, 4) is 0 Å². The summed E-state index contributed by atoms with van der Waals surface area (Å²) < 4.78 is 4.95. The fraction of sp³-hybridized carbons (Fsp3) is 0.719. The van der Waals surface area contributed by atoms with Crippen molar-refractivity contribution in [2.45, 2.75) is 136 Å². The Balaban J connectivity index is 4.42. The van der Waals surface area contributed by atoms with Crippen LogP contribution >= 0.6 is 0 Å². The molecule has 39 heavy (non-hydrogen) atoms. The SMILES string of the molecule is CC(=O)OC/C(C)=C/CC[C@](C)(O)[C@@H](O)CC/C(C)=C/CC/C=C(\C)CC[C@H](O)[C@@](C)(O)CC/C=C(\C)CO. The van der Waals surface area contributed by atoms with Crippen molar-refractivity contribution in [3.63, 3.8) is 0 Å². The summed E-state index contributed by atoms with van der Waals surface area (Å²) in [4.78, 5) is 10.9. The van der Waals surface area contributed by atoms with Crippen LogP contribution < -0.4 is 0 Å². The number of allylic oxidation sites excluding steroid dienone is 6. The van der Waals surface area contributed by atoms with Crippen LogP contribution in [0.25, 0.3) is 0 Å². The lowest BCUT2D eigenvalue weighted by Crippen LogP contribution is -2.39. The van der Waals surface area contributed by atoms with E-state index in [0.29, 0.717) is 51.4 Å². The monoisotopic (exact) mass is 552 g/mol. The molecule has 0 aromatic carbocycles. The Kier molecular flexibility index (Phi) is 18.5. The van der Waals surface area contributed by atoms with Crippen LogP contribution in [0.15, 0.2) is 46.6 Å². The van der Waals surface area contributed by atoms with Gasteiger partial charge in [0, 0.05) is 6.92 Å². The number of carbonyl (C=O) groups excluding carboxylic acids is 1. The van der Waals surface area contributed by atoms with Crippen LogP contribution in [0.1, 0.15) is 113 Å². The molecule has 5 N–H and O–H groups in total. The maximum absolute atomic E-state index is 10.9. The minimum Gasteiger partial charge on any atom is -0.461 e. The van der Waals surface area contributed by atoms with E-state index in [4.69, 9.17) is 9.84 Å². The van der Waals surface area contributed by atoms with Crippen LogP contribution in [-0.2, 0) is 9.53 Å². The van der Waals surface area contributed by atoms with Crippen molar-refractivity contribution >= 4 is 5.97 Å². The van der Waals surface area contributed by atoms with E-state index in [1.54, 1.807) is 13.8 Å². The van der Waals surface area contributed by atoms with E-state index in [1.165, 1.54) is 18.1 Å². The highest BCUT2D eigenvalue weighted by molar-refractivity contribution is 5.66. The van der Waals surface area contributed by atoms with Crippen LogP contribution in [0, 0.1) is 0 Å². The number of hydrogen-bond donors (Lipinski definition) is 5. The van der Waals surface area contributed by atoms with E-state index >= 15 is 0 Å². The van der Waals surface area contributed by atoms with Crippen LogP contribution in [0.3, 0.4) is 0 Å². The fourth-order valence-electron chi connectivity index (χ4n) is 4.11. The summed E-state index contributed by atoms with van der Waals surface area (Å²) in [6, 6.07) is 0. The third-order valence-electron chi connectivity index (χ3n) is 7.25. The first kappa shape index (κ1) is 37.2. The van der Waals surface area contributed by atoms with Crippen LogP contribution in [0.4, 0.5) is 0 Å². The molecule has 226 valence electrons. The molecule has 0 heterocycles. The molecule has 7 heteroatoms. The summed E-state index contributed by atoms with van der Waals surface area (Å²) >= 11 is 0. The molecule has 0 radical (unpaired) electrons. The van der Waals surface area contributed by atoms with Crippen molar-refractivity contribution < 1.29 is 35.1 Å². The predicted molar refractivity (Wildman–Crippen MR) is 158 cm³/mol. The van der Waals surface area contributed by atoms with Gasteiger partial charge in [-0.2, -0.15) is 0 Å². The zero-order valence-corrected chi connectivity index (χ0v) is 25.5. The second-order valence-corrected chi connectivity index (χ2v) is 11.6. The number of unbranched alkanes of at least 4 members (excludes halogenated alkanes) is 1. The lowest BCUT2D eigenvalue weighted by atomic mass is 9.89. The van der Waals surface area contributed by atoms with E-state index in [9.17, 15) is 25.2 Å². The normalized spacial score (nSPS) is 18.4. The first-order valence-corrected chi connectivity index (χ1v) is 14.3. The fourth-order valence-corrected chi connectivity index (χ4v) is 4.11. The Morgan fingerprint density at radius 1 is 0.692 bits per heavy atom. The molecule has 0 aliphatic rings. The molecule has 0 fully saturated rings. The standard InChI is InChI=1S/C32H56O7/c1-24(16-18-29(35)31(6,37)20-10-14-26(3)22-33)12-8-9-13-25(2)17-19-30(36)32(7,38)21-11-15-27(4)23-39-28(5)34/h12-15,29-30,33,35-38H,8-11,16-23H2,1-7H3/b24-12+,25-13+,26-14+,27-15+/t29-,30-,31-,32-/m0/s1. The molecule has 0 aliphatic heterocycles. The highest BCUT2D eigenvalue weighted by atomic mass is 16.5. The number of rotatable bonds is 20. The zero-order valence-electron chi connectivity index (χ0n) is 25.5. The summed E-state index contributed by atoms with van der Waals surface area (Å²) in [5.74, 6) is -0.323. The molecule has 0 saturated carbocycles. The van der Waals surface area contributed by atoms with E-state index in [2.05, 4.69) is 12.2 Å². The third-order valence-corrected chi connectivity index (χ3v) is 7.25. The molecule has 0 rings (SSSR count). The average molecular weight is 553 g/mol. The van der Waals surface area contributed by atoms with E-state index in [0.717, 1.165) is 24.0 Å². The Hall–Kier alpha value is -1.77. The Bertz CT molecular complexity index is 833. The lowest BCUT2D eigenvalue weighted by Gasteiger charge is -2.29. The smallest absolute Gasteiger partial charge is 0.302 e. The topological polar surface area (TPSA) is 127 Å².